The monoisotopic (exact) mass is 345 g/mol. The molecule has 1 saturated heterocycles. The van der Waals surface area contributed by atoms with Crippen molar-refractivity contribution in [2.45, 2.75) is 33.2 Å². The molecule has 1 aliphatic heterocycles. The van der Waals surface area contributed by atoms with E-state index in [1.165, 1.54) is 11.1 Å². The van der Waals surface area contributed by atoms with E-state index in [2.05, 4.69) is 29.2 Å². The lowest BCUT2D eigenvalue weighted by atomic mass is 9.92. The van der Waals surface area contributed by atoms with E-state index in [4.69, 9.17) is 0 Å². The Bertz CT molecular complexity index is 771. The van der Waals surface area contributed by atoms with Gasteiger partial charge < -0.3 is 14.6 Å². The Morgan fingerprint density at radius 2 is 2.08 bits per heavy atom. The number of carbonyl (C=O) groups excluding carboxylic acids is 1. The minimum atomic E-state index is -0.251. The van der Waals surface area contributed by atoms with Gasteiger partial charge in [-0.05, 0) is 43.4 Å². The number of nitrogens with zero attached hydrogens (tertiary/aromatic N) is 4. The van der Waals surface area contributed by atoms with Crippen LogP contribution in [0, 0.1) is 11.8 Å². The van der Waals surface area contributed by atoms with Gasteiger partial charge in [0.15, 0.2) is 0 Å². The summed E-state index contributed by atoms with van der Waals surface area (Å²) < 4.78 is 2.86. The van der Waals surface area contributed by atoms with Crippen LogP contribution in [0.4, 0.5) is 0 Å². The van der Waals surface area contributed by atoms with Gasteiger partial charge in [-0.25, -0.2) is 4.68 Å². The average molecular weight is 345 g/mol. The van der Waals surface area contributed by atoms with Gasteiger partial charge in [0.1, 0.15) is 18.4 Å². The van der Waals surface area contributed by atoms with Gasteiger partial charge in [0.25, 0.3) is 5.56 Å². The molecule has 2 aromatic rings. The molecule has 0 bridgehead atoms. The van der Waals surface area contributed by atoms with Crippen molar-refractivity contribution in [1.29, 1.82) is 0 Å². The molecule has 3 heterocycles. The fourth-order valence-corrected chi connectivity index (χ4v) is 3.79. The molecule has 0 radical (unpaired) electrons. The molecule has 0 aromatic carbocycles. The highest BCUT2D eigenvalue weighted by molar-refractivity contribution is 5.75. The zero-order valence-electron chi connectivity index (χ0n) is 15.0. The molecule has 1 fully saturated rings. The van der Waals surface area contributed by atoms with Crippen LogP contribution in [-0.2, 0) is 11.3 Å². The van der Waals surface area contributed by atoms with Crippen molar-refractivity contribution in [3.63, 3.8) is 0 Å². The van der Waals surface area contributed by atoms with Crippen LogP contribution in [0.25, 0.3) is 5.52 Å². The molecule has 1 amide bonds. The summed E-state index contributed by atoms with van der Waals surface area (Å²) in [5.74, 6) is 1.33. The molecule has 7 heteroatoms. The number of hydrogen-bond donors (Lipinski definition) is 1. The minimum absolute atomic E-state index is 0.0434. The van der Waals surface area contributed by atoms with Crippen molar-refractivity contribution in [3.8, 4) is 0 Å². The first-order chi connectivity index (χ1) is 12.0. The summed E-state index contributed by atoms with van der Waals surface area (Å²) in [6, 6.07) is 3.50. The average Bonchev–Trinajstić information content (AvgIpc) is 3.03. The largest absolute Gasteiger partial charge is 0.354 e. The number of fused-ring (bicyclic) bond motifs is 1. The van der Waals surface area contributed by atoms with Crippen LogP contribution < -0.4 is 10.9 Å². The molecule has 0 unspecified atom stereocenters. The standard InChI is InChI=1S/C18H27N5O2/c1-14-9-15(2)11-21(10-14)7-4-6-19-17(24)12-23-18(25)16-5-3-8-22(16)13-20-23/h3,5,8,13-15H,4,6-7,9-12H2,1-2H3,(H,19,24)/t14-,15-/m0/s1. The van der Waals surface area contributed by atoms with Crippen molar-refractivity contribution in [3.05, 3.63) is 35.0 Å². The Kier molecular flexibility index (Phi) is 5.53. The Morgan fingerprint density at radius 1 is 1.32 bits per heavy atom. The highest BCUT2D eigenvalue weighted by Crippen LogP contribution is 2.20. The minimum Gasteiger partial charge on any atom is -0.354 e. The van der Waals surface area contributed by atoms with Crippen LogP contribution in [0.15, 0.2) is 29.5 Å². The number of likely N-dealkylation sites (tertiary alicyclic amines) is 1. The number of hydrogen-bond acceptors (Lipinski definition) is 4. The van der Waals surface area contributed by atoms with Crippen LogP contribution in [0.5, 0.6) is 0 Å². The summed E-state index contributed by atoms with van der Waals surface area (Å²) in [7, 11) is 0. The third-order valence-corrected chi connectivity index (χ3v) is 4.76. The Hall–Kier alpha value is -2.15. The van der Waals surface area contributed by atoms with Gasteiger partial charge in [-0.3, -0.25) is 9.59 Å². The maximum Gasteiger partial charge on any atom is 0.291 e. The van der Waals surface area contributed by atoms with Gasteiger partial charge in [0.2, 0.25) is 5.91 Å². The number of amides is 1. The lowest BCUT2D eigenvalue weighted by Gasteiger charge is -2.34. The summed E-state index contributed by atoms with van der Waals surface area (Å²) in [6.45, 7) is 8.49. The molecule has 25 heavy (non-hydrogen) atoms. The number of carbonyl (C=O) groups is 1. The van der Waals surface area contributed by atoms with Gasteiger partial charge in [-0.1, -0.05) is 13.8 Å². The first kappa shape index (κ1) is 17.7. The van der Waals surface area contributed by atoms with E-state index in [-0.39, 0.29) is 18.0 Å². The lowest BCUT2D eigenvalue weighted by molar-refractivity contribution is -0.121. The first-order valence-corrected chi connectivity index (χ1v) is 9.05. The van der Waals surface area contributed by atoms with E-state index in [1.807, 2.05) is 0 Å². The van der Waals surface area contributed by atoms with Crippen LogP contribution >= 0.6 is 0 Å². The highest BCUT2D eigenvalue weighted by atomic mass is 16.2. The summed E-state index contributed by atoms with van der Waals surface area (Å²) >= 11 is 0. The van der Waals surface area contributed by atoms with Crippen molar-refractivity contribution in [1.82, 2.24) is 24.4 Å². The normalized spacial score (nSPS) is 21.5. The van der Waals surface area contributed by atoms with Gasteiger partial charge in [0, 0.05) is 25.8 Å². The van der Waals surface area contributed by atoms with E-state index >= 15 is 0 Å². The molecular weight excluding hydrogens is 318 g/mol. The quantitative estimate of drug-likeness (QED) is 0.792. The predicted octanol–water partition coefficient (Wildman–Crippen LogP) is 0.980. The highest BCUT2D eigenvalue weighted by Gasteiger charge is 2.21. The second-order valence-corrected chi connectivity index (χ2v) is 7.30. The molecule has 2 atom stereocenters. The van der Waals surface area contributed by atoms with Crippen molar-refractivity contribution < 1.29 is 4.79 Å². The van der Waals surface area contributed by atoms with Crippen LogP contribution in [0.2, 0.25) is 0 Å². The topological polar surface area (TPSA) is 71.6 Å². The second kappa shape index (κ2) is 7.82. The smallest absolute Gasteiger partial charge is 0.291 e. The van der Waals surface area contributed by atoms with Crippen molar-refractivity contribution in [2.75, 3.05) is 26.2 Å². The molecule has 0 saturated carbocycles. The molecule has 3 rings (SSSR count). The fraction of sp³-hybridized carbons (Fsp3) is 0.611. The maximum absolute atomic E-state index is 12.2. The number of rotatable bonds is 6. The molecule has 1 aliphatic rings. The van der Waals surface area contributed by atoms with Crippen LogP contribution in [0.1, 0.15) is 26.7 Å². The van der Waals surface area contributed by atoms with E-state index < -0.39 is 0 Å². The zero-order chi connectivity index (χ0) is 17.8. The summed E-state index contributed by atoms with van der Waals surface area (Å²) in [6.07, 6.45) is 5.53. The van der Waals surface area contributed by atoms with Gasteiger partial charge in [-0.2, -0.15) is 5.10 Å². The Morgan fingerprint density at radius 3 is 2.84 bits per heavy atom. The molecule has 0 spiro atoms. The summed E-state index contributed by atoms with van der Waals surface area (Å²) in [4.78, 5) is 26.8. The molecule has 1 N–H and O–H groups in total. The number of nitrogens with one attached hydrogen (secondary N) is 1. The van der Waals surface area contributed by atoms with Crippen LogP contribution in [0.3, 0.4) is 0 Å². The molecule has 7 nitrogen and oxygen atoms in total. The van der Waals surface area contributed by atoms with E-state index in [0.29, 0.717) is 12.1 Å². The SMILES string of the molecule is C[C@H]1C[C@H](C)CN(CCCNC(=O)Cn2ncn3cccc3c2=O)C1. The predicted molar refractivity (Wildman–Crippen MR) is 96.5 cm³/mol. The summed E-state index contributed by atoms with van der Waals surface area (Å²) in [5, 5.41) is 6.93. The second-order valence-electron chi connectivity index (χ2n) is 7.30. The third kappa shape index (κ3) is 4.48. The Balaban J connectivity index is 1.43. The van der Waals surface area contributed by atoms with Gasteiger partial charge in [0.05, 0.1) is 0 Å². The number of aromatic nitrogens is 3. The van der Waals surface area contributed by atoms with Gasteiger partial charge in [-0.15, -0.1) is 0 Å². The maximum atomic E-state index is 12.2. The fourth-order valence-electron chi connectivity index (χ4n) is 3.79. The molecule has 136 valence electrons. The van der Waals surface area contributed by atoms with Crippen LogP contribution in [-0.4, -0.2) is 51.2 Å². The molecular formula is C18H27N5O2. The number of piperidine rings is 1. The van der Waals surface area contributed by atoms with Gasteiger partial charge >= 0.3 is 0 Å². The lowest BCUT2D eigenvalue weighted by Crippen LogP contribution is -2.40. The van der Waals surface area contributed by atoms with E-state index in [0.717, 1.165) is 37.9 Å². The molecule has 2 aromatic heterocycles. The van der Waals surface area contributed by atoms with Crippen molar-refractivity contribution >= 4 is 11.4 Å². The first-order valence-electron chi connectivity index (χ1n) is 9.05. The Labute approximate surface area is 147 Å². The summed E-state index contributed by atoms with van der Waals surface area (Å²) in [5.41, 5.74) is 0.273. The van der Waals surface area contributed by atoms with E-state index in [1.54, 1.807) is 29.1 Å². The third-order valence-electron chi connectivity index (χ3n) is 4.76. The van der Waals surface area contributed by atoms with Crippen molar-refractivity contribution in [2.24, 2.45) is 11.8 Å². The molecule has 0 aliphatic carbocycles. The van der Waals surface area contributed by atoms with E-state index in [9.17, 15) is 9.59 Å². The zero-order valence-corrected chi connectivity index (χ0v) is 15.0.